The van der Waals surface area contributed by atoms with Gasteiger partial charge in [-0.2, -0.15) is 13.2 Å². The predicted molar refractivity (Wildman–Crippen MR) is 93.2 cm³/mol. The fraction of sp³-hybridized carbons (Fsp3) is 0.278. The summed E-state index contributed by atoms with van der Waals surface area (Å²) in [6.07, 6.45) is -4.38. The monoisotopic (exact) mass is 372 g/mol. The van der Waals surface area contributed by atoms with Gasteiger partial charge in [0.25, 0.3) is 0 Å². The van der Waals surface area contributed by atoms with Crippen molar-refractivity contribution in [1.82, 2.24) is 5.32 Å². The van der Waals surface area contributed by atoms with E-state index in [1.807, 2.05) is 6.07 Å². The van der Waals surface area contributed by atoms with Crippen molar-refractivity contribution in [3.8, 4) is 0 Å². The standard InChI is InChI=1S/C18H19F3N2O.ClH/c1-12(13-8-10-15(11-9-13)18(19,20)21)23-16(24)17(2,22)14-6-4-3-5-7-14;/h3-12H,22H2,1-2H3,(H,23,24);1H. The van der Waals surface area contributed by atoms with Crippen LogP contribution in [0.4, 0.5) is 13.2 Å². The van der Waals surface area contributed by atoms with Crippen LogP contribution in [0.2, 0.25) is 0 Å². The summed E-state index contributed by atoms with van der Waals surface area (Å²) in [5.41, 5.74) is 5.39. The summed E-state index contributed by atoms with van der Waals surface area (Å²) in [6, 6.07) is 13.1. The molecule has 0 heterocycles. The van der Waals surface area contributed by atoms with E-state index in [0.717, 1.165) is 12.1 Å². The van der Waals surface area contributed by atoms with Gasteiger partial charge in [0.2, 0.25) is 5.91 Å². The highest BCUT2D eigenvalue weighted by atomic mass is 35.5. The fourth-order valence-electron chi connectivity index (χ4n) is 2.31. The molecule has 2 aromatic rings. The molecule has 136 valence electrons. The molecular formula is C18H20ClF3N2O. The maximum Gasteiger partial charge on any atom is 0.416 e. The number of halogens is 4. The number of carbonyl (C=O) groups excluding carboxylic acids is 1. The second-order valence-corrected chi connectivity index (χ2v) is 5.88. The first-order chi connectivity index (χ1) is 11.1. The van der Waals surface area contributed by atoms with Gasteiger partial charge in [0, 0.05) is 0 Å². The molecule has 2 rings (SSSR count). The van der Waals surface area contributed by atoms with Crippen LogP contribution in [0.3, 0.4) is 0 Å². The van der Waals surface area contributed by atoms with Crippen molar-refractivity contribution in [2.45, 2.75) is 31.6 Å². The Hall–Kier alpha value is -2.05. The van der Waals surface area contributed by atoms with Gasteiger partial charge < -0.3 is 11.1 Å². The van der Waals surface area contributed by atoms with Gasteiger partial charge in [-0.1, -0.05) is 42.5 Å². The molecule has 1 amide bonds. The fourth-order valence-corrected chi connectivity index (χ4v) is 2.31. The zero-order valence-corrected chi connectivity index (χ0v) is 14.6. The Morgan fingerprint density at radius 3 is 2.00 bits per heavy atom. The molecule has 0 aromatic heterocycles. The maximum absolute atomic E-state index is 12.6. The third kappa shape index (κ3) is 4.96. The van der Waals surface area contributed by atoms with Gasteiger partial charge in [0.1, 0.15) is 5.54 Å². The SMILES string of the molecule is CC(NC(=O)C(C)(N)c1ccccc1)c1ccc(C(F)(F)F)cc1.Cl. The number of rotatable bonds is 4. The van der Waals surface area contributed by atoms with Crippen molar-refractivity contribution in [2.75, 3.05) is 0 Å². The summed E-state index contributed by atoms with van der Waals surface area (Å²) < 4.78 is 37.8. The third-order valence-corrected chi connectivity index (χ3v) is 3.93. The van der Waals surface area contributed by atoms with E-state index in [0.29, 0.717) is 11.1 Å². The van der Waals surface area contributed by atoms with Gasteiger partial charge in [-0.25, -0.2) is 0 Å². The molecule has 0 fully saturated rings. The topological polar surface area (TPSA) is 55.1 Å². The largest absolute Gasteiger partial charge is 0.416 e. The smallest absolute Gasteiger partial charge is 0.348 e. The Morgan fingerprint density at radius 1 is 1.00 bits per heavy atom. The summed E-state index contributed by atoms with van der Waals surface area (Å²) in [5, 5.41) is 2.75. The lowest BCUT2D eigenvalue weighted by Gasteiger charge is -2.26. The number of carbonyl (C=O) groups is 1. The van der Waals surface area contributed by atoms with E-state index in [4.69, 9.17) is 5.73 Å². The number of benzene rings is 2. The Balaban J connectivity index is 0.00000312. The predicted octanol–water partition coefficient (Wildman–Crippen LogP) is 4.18. The van der Waals surface area contributed by atoms with E-state index in [2.05, 4.69) is 5.32 Å². The van der Waals surface area contributed by atoms with Crippen LogP contribution in [0.1, 0.15) is 36.6 Å². The Kier molecular flexibility index (Phi) is 6.62. The molecule has 3 nitrogen and oxygen atoms in total. The number of amides is 1. The molecule has 2 aromatic carbocycles. The molecule has 0 saturated carbocycles. The van der Waals surface area contributed by atoms with Gasteiger partial charge >= 0.3 is 6.18 Å². The third-order valence-electron chi connectivity index (χ3n) is 3.93. The van der Waals surface area contributed by atoms with E-state index in [1.54, 1.807) is 38.1 Å². The average molecular weight is 373 g/mol. The molecule has 0 saturated heterocycles. The van der Waals surface area contributed by atoms with Crippen LogP contribution in [0.15, 0.2) is 54.6 Å². The molecular weight excluding hydrogens is 353 g/mol. The summed E-state index contributed by atoms with van der Waals surface area (Å²) in [5.74, 6) is -0.402. The van der Waals surface area contributed by atoms with Gasteiger partial charge in [0.15, 0.2) is 0 Å². The minimum Gasteiger partial charge on any atom is -0.348 e. The van der Waals surface area contributed by atoms with E-state index in [9.17, 15) is 18.0 Å². The lowest BCUT2D eigenvalue weighted by atomic mass is 9.91. The van der Waals surface area contributed by atoms with Crippen molar-refractivity contribution in [1.29, 1.82) is 0 Å². The molecule has 2 unspecified atom stereocenters. The van der Waals surface area contributed by atoms with Crippen LogP contribution in [0, 0.1) is 0 Å². The maximum atomic E-state index is 12.6. The number of nitrogens with two attached hydrogens (primary N) is 1. The lowest BCUT2D eigenvalue weighted by Crippen LogP contribution is -2.49. The Labute approximate surface area is 150 Å². The highest BCUT2D eigenvalue weighted by molar-refractivity contribution is 5.87. The Bertz CT molecular complexity index is 701. The number of hydrogen-bond donors (Lipinski definition) is 2. The molecule has 0 aliphatic heterocycles. The lowest BCUT2D eigenvalue weighted by molar-refractivity contribution is -0.137. The van der Waals surface area contributed by atoms with Crippen molar-refractivity contribution >= 4 is 18.3 Å². The first kappa shape index (κ1) is 21.0. The van der Waals surface area contributed by atoms with Gasteiger partial charge in [0.05, 0.1) is 11.6 Å². The number of alkyl halides is 3. The quantitative estimate of drug-likeness (QED) is 0.846. The van der Waals surface area contributed by atoms with Crippen molar-refractivity contribution in [3.05, 3.63) is 71.3 Å². The molecule has 3 N–H and O–H groups in total. The van der Waals surface area contributed by atoms with Crippen LogP contribution in [-0.4, -0.2) is 5.91 Å². The minimum absolute atomic E-state index is 0. The molecule has 0 aliphatic carbocycles. The average Bonchev–Trinajstić information content (AvgIpc) is 2.54. The van der Waals surface area contributed by atoms with Gasteiger partial charge in [-0.15, -0.1) is 12.4 Å². The van der Waals surface area contributed by atoms with Gasteiger partial charge in [-0.3, -0.25) is 4.79 Å². The van der Waals surface area contributed by atoms with Crippen LogP contribution in [-0.2, 0) is 16.5 Å². The highest BCUT2D eigenvalue weighted by Crippen LogP contribution is 2.30. The highest BCUT2D eigenvalue weighted by Gasteiger charge is 2.32. The first-order valence-corrected chi connectivity index (χ1v) is 7.45. The van der Waals surface area contributed by atoms with Crippen LogP contribution in [0.5, 0.6) is 0 Å². The van der Waals surface area contributed by atoms with Gasteiger partial charge in [-0.05, 0) is 37.1 Å². The van der Waals surface area contributed by atoms with E-state index in [-0.39, 0.29) is 12.4 Å². The molecule has 0 spiro atoms. The minimum atomic E-state index is -4.38. The Morgan fingerprint density at radius 2 is 1.52 bits per heavy atom. The molecule has 25 heavy (non-hydrogen) atoms. The van der Waals surface area contributed by atoms with E-state index < -0.39 is 29.2 Å². The van der Waals surface area contributed by atoms with E-state index in [1.165, 1.54) is 12.1 Å². The first-order valence-electron chi connectivity index (χ1n) is 7.45. The zero-order valence-electron chi connectivity index (χ0n) is 13.8. The number of nitrogens with one attached hydrogen (secondary N) is 1. The van der Waals surface area contributed by atoms with Crippen molar-refractivity contribution in [2.24, 2.45) is 5.73 Å². The number of hydrogen-bond acceptors (Lipinski definition) is 2. The van der Waals surface area contributed by atoms with Crippen LogP contribution < -0.4 is 11.1 Å². The summed E-state index contributed by atoms with van der Waals surface area (Å²) in [6.45, 7) is 3.29. The molecule has 0 radical (unpaired) electrons. The molecule has 0 aliphatic rings. The second kappa shape index (κ2) is 7.89. The second-order valence-electron chi connectivity index (χ2n) is 5.88. The summed E-state index contributed by atoms with van der Waals surface area (Å²) >= 11 is 0. The zero-order chi connectivity index (χ0) is 18.0. The van der Waals surface area contributed by atoms with Crippen molar-refractivity contribution in [3.63, 3.8) is 0 Å². The van der Waals surface area contributed by atoms with E-state index >= 15 is 0 Å². The van der Waals surface area contributed by atoms with Crippen LogP contribution >= 0.6 is 12.4 Å². The molecule has 2 atom stereocenters. The molecule has 7 heteroatoms. The van der Waals surface area contributed by atoms with Crippen LogP contribution in [0.25, 0.3) is 0 Å². The summed E-state index contributed by atoms with van der Waals surface area (Å²) in [7, 11) is 0. The summed E-state index contributed by atoms with van der Waals surface area (Å²) in [4.78, 5) is 12.5. The van der Waals surface area contributed by atoms with Crippen molar-refractivity contribution < 1.29 is 18.0 Å². The normalized spacial score (nSPS) is 14.8. The molecule has 0 bridgehead atoms.